The molecule has 0 spiro atoms. The molecule has 0 aromatic carbocycles. The van der Waals surface area contributed by atoms with Crippen LogP contribution in [0.2, 0.25) is 0 Å². The Bertz CT molecular complexity index is 616. The zero-order valence-corrected chi connectivity index (χ0v) is 14.2. The summed E-state index contributed by atoms with van der Waals surface area (Å²) < 4.78 is 32.9. The highest BCUT2D eigenvalue weighted by Crippen LogP contribution is 2.31. The number of halogens is 1. The van der Waals surface area contributed by atoms with E-state index in [0.29, 0.717) is 24.9 Å². The Hall–Kier alpha value is -0.410. The SMILES string of the molecule is NCc1cc(S(=O)(=O)N2CCCN3CCCC3C2)c(Br)o1. The Morgan fingerprint density at radius 3 is 2.81 bits per heavy atom. The quantitative estimate of drug-likeness (QED) is 0.859. The Kier molecular flexibility index (Phi) is 4.42. The van der Waals surface area contributed by atoms with Crippen LogP contribution in [0.1, 0.15) is 25.0 Å². The standard InChI is InChI=1S/C13H20BrN3O3S/c14-13-12(7-11(8-15)20-13)21(18,19)17-6-2-5-16-4-1-3-10(16)9-17/h7,10H,1-6,8-9,15H2. The number of sulfonamides is 1. The van der Waals surface area contributed by atoms with E-state index in [4.69, 9.17) is 10.2 Å². The monoisotopic (exact) mass is 377 g/mol. The normalized spacial score (nSPS) is 25.0. The third-order valence-corrected chi connectivity index (χ3v) is 7.01. The molecule has 8 heteroatoms. The van der Waals surface area contributed by atoms with Crippen LogP contribution < -0.4 is 5.73 Å². The van der Waals surface area contributed by atoms with Crippen molar-refractivity contribution in [3.05, 3.63) is 16.5 Å². The molecule has 6 nitrogen and oxygen atoms in total. The van der Waals surface area contributed by atoms with E-state index in [0.717, 1.165) is 32.4 Å². The lowest BCUT2D eigenvalue weighted by molar-refractivity contribution is 0.257. The summed E-state index contributed by atoms with van der Waals surface area (Å²) in [5.41, 5.74) is 5.52. The molecule has 21 heavy (non-hydrogen) atoms. The molecule has 0 radical (unpaired) electrons. The summed E-state index contributed by atoms with van der Waals surface area (Å²) in [5, 5.41) is 0. The molecule has 2 saturated heterocycles. The van der Waals surface area contributed by atoms with E-state index < -0.39 is 10.0 Å². The molecular formula is C13H20BrN3O3S. The summed E-state index contributed by atoms with van der Waals surface area (Å²) in [7, 11) is -3.53. The number of nitrogens with two attached hydrogens (primary N) is 1. The van der Waals surface area contributed by atoms with Gasteiger partial charge in [-0.15, -0.1) is 0 Å². The number of furan rings is 1. The summed E-state index contributed by atoms with van der Waals surface area (Å²) >= 11 is 3.20. The molecule has 0 bridgehead atoms. The van der Waals surface area contributed by atoms with Crippen molar-refractivity contribution < 1.29 is 12.8 Å². The minimum Gasteiger partial charge on any atom is -0.452 e. The zero-order chi connectivity index (χ0) is 15.0. The highest BCUT2D eigenvalue weighted by Gasteiger charge is 2.36. The molecule has 0 saturated carbocycles. The van der Waals surface area contributed by atoms with Gasteiger partial charge in [-0.3, -0.25) is 4.90 Å². The lowest BCUT2D eigenvalue weighted by Gasteiger charge is -2.24. The van der Waals surface area contributed by atoms with Gasteiger partial charge < -0.3 is 10.2 Å². The smallest absolute Gasteiger partial charge is 0.247 e. The lowest BCUT2D eigenvalue weighted by Crippen LogP contribution is -2.39. The lowest BCUT2D eigenvalue weighted by atomic mass is 10.2. The van der Waals surface area contributed by atoms with Crippen LogP contribution in [-0.4, -0.2) is 49.8 Å². The fraction of sp³-hybridized carbons (Fsp3) is 0.692. The first kappa shape index (κ1) is 15.5. The first-order chi connectivity index (χ1) is 10.0. The van der Waals surface area contributed by atoms with Crippen LogP contribution in [0.3, 0.4) is 0 Å². The van der Waals surface area contributed by atoms with Crippen molar-refractivity contribution in [2.75, 3.05) is 26.2 Å². The third kappa shape index (κ3) is 2.92. The maximum atomic E-state index is 12.9. The molecule has 3 heterocycles. The summed E-state index contributed by atoms with van der Waals surface area (Å²) in [4.78, 5) is 2.60. The molecule has 2 aliphatic rings. The van der Waals surface area contributed by atoms with Crippen LogP contribution in [-0.2, 0) is 16.6 Å². The van der Waals surface area contributed by atoms with Gasteiger partial charge in [-0.25, -0.2) is 8.42 Å². The van der Waals surface area contributed by atoms with Gasteiger partial charge in [0.25, 0.3) is 0 Å². The van der Waals surface area contributed by atoms with Crippen molar-refractivity contribution in [1.29, 1.82) is 0 Å². The van der Waals surface area contributed by atoms with Gasteiger partial charge >= 0.3 is 0 Å². The number of hydrogen-bond acceptors (Lipinski definition) is 5. The Morgan fingerprint density at radius 1 is 1.33 bits per heavy atom. The molecule has 118 valence electrons. The van der Waals surface area contributed by atoms with Gasteiger partial charge in [0.1, 0.15) is 10.7 Å². The fourth-order valence-corrected chi connectivity index (χ4v) is 5.68. The van der Waals surface area contributed by atoms with Gasteiger partial charge in [0, 0.05) is 25.2 Å². The number of rotatable bonds is 3. The van der Waals surface area contributed by atoms with Crippen molar-refractivity contribution in [2.45, 2.75) is 36.7 Å². The second-order valence-electron chi connectivity index (χ2n) is 5.60. The maximum Gasteiger partial charge on any atom is 0.247 e. The second kappa shape index (κ2) is 6.00. The molecule has 0 amide bonds. The second-order valence-corrected chi connectivity index (χ2v) is 8.23. The highest BCUT2D eigenvalue weighted by molar-refractivity contribution is 9.10. The van der Waals surface area contributed by atoms with Gasteiger partial charge in [-0.05, 0) is 48.3 Å². The van der Waals surface area contributed by atoms with Crippen molar-refractivity contribution in [3.8, 4) is 0 Å². The van der Waals surface area contributed by atoms with Gasteiger partial charge in [-0.2, -0.15) is 4.31 Å². The molecule has 1 aromatic rings. The molecule has 1 atom stereocenters. The van der Waals surface area contributed by atoms with E-state index >= 15 is 0 Å². The summed E-state index contributed by atoms with van der Waals surface area (Å²) in [6, 6.07) is 1.87. The van der Waals surface area contributed by atoms with E-state index in [1.807, 2.05) is 0 Å². The predicted octanol–water partition coefficient (Wildman–Crippen LogP) is 1.36. The molecule has 2 N–H and O–H groups in total. The van der Waals surface area contributed by atoms with Crippen LogP contribution in [0.4, 0.5) is 0 Å². The molecule has 3 rings (SSSR count). The predicted molar refractivity (Wildman–Crippen MR) is 82.3 cm³/mol. The fourth-order valence-electron chi connectivity index (χ4n) is 3.20. The minimum atomic E-state index is -3.53. The number of fused-ring (bicyclic) bond motifs is 1. The van der Waals surface area contributed by atoms with Crippen molar-refractivity contribution in [3.63, 3.8) is 0 Å². The highest BCUT2D eigenvalue weighted by atomic mass is 79.9. The molecular weight excluding hydrogens is 358 g/mol. The van der Waals surface area contributed by atoms with Gasteiger partial charge in [0.2, 0.25) is 10.0 Å². The van der Waals surface area contributed by atoms with E-state index in [1.54, 1.807) is 4.31 Å². The van der Waals surface area contributed by atoms with E-state index in [-0.39, 0.29) is 16.1 Å². The van der Waals surface area contributed by atoms with E-state index in [9.17, 15) is 8.42 Å². The van der Waals surface area contributed by atoms with Crippen LogP contribution in [0.5, 0.6) is 0 Å². The topological polar surface area (TPSA) is 79.8 Å². The average Bonchev–Trinajstić information content (AvgIpc) is 2.99. The number of nitrogens with zero attached hydrogens (tertiary/aromatic N) is 2. The van der Waals surface area contributed by atoms with Crippen molar-refractivity contribution >= 4 is 26.0 Å². The molecule has 1 aromatic heterocycles. The number of hydrogen-bond donors (Lipinski definition) is 1. The summed E-state index contributed by atoms with van der Waals surface area (Å²) in [5.74, 6) is 0.470. The van der Waals surface area contributed by atoms with Crippen LogP contribution >= 0.6 is 15.9 Å². The maximum absolute atomic E-state index is 12.9. The van der Waals surface area contributed by atoms with Crippen molar-refractivity contribution in [1.82, 2.24) is 9.21 Å². The first-order valence-electron chi connectivity index (χ1n) is 7.25. The Morgan fingerprint density at radius 2 is 2.10 bits per heavy atom. The Balaban J connectivity index is 1.88. The van der Waals surface area contributed by atoms with Gasteiger partial charge in [-0.1, -0.05) is 0 Å². The minimum absolute atomic E-state index is 0.185. The largest absolute Gasteiger partial charge is 0.452 e. The summed E-state index contributed by atoms with van der Waals surface area (Å²) in [6.07, 6.45) is 3.10. The van der Waals surface area contributed by atoms with Crippen molar-refractivity contribution in [2.24, 2.45) is 5.73 Å². The molecule has 0 aliphatic carbocycles. The third-order valence-electron chi connectivity index (χ3n) is 4.29. The molecule has 1 unspecified atom stereocenters. The van der Waals surface area contributed by atoms with E-state index in [1.165, 1.54) is 6.07 Å². The summed E-state index contributed by atoms with van der Waals surface area (Å²) in [6.45, 7) is 3.38. The van der Waals surface area contributed by atoms with Crippen LogP contribution in [0, 0.1) is 0 Å². The van der Waals surface area contributed by atoms with Crippen LogP contribution in [0.25, 0.3) is 0 Å². The van der Waals surface area contributed by atoms with Gasteiger partial charge in [0.05, 0.1) is 6.54 Å². The average molecular weight is 378 g/mol. The zero-order valence-electron chi connectivity index (χ0n) is 11.8. The molecule has 2 aliphatic heterocycles. The first-order valence-corrected chi connectivity index (χ1v) is 9.48. The molecule has 2 fully saturated rings. The Labute approximate surface area is 133 Å². The van der Waals surface area contributed by atoms with Crippen LogP contribution in [0.15, 0.2) is 20.0 Å². The van der Waals surface area contributed by atoms with Gasteiger partial charge in [0.15, 0.2) is 4.67 Å². The van der Waals surface area contributed by atoms with E-state index in [2.05, 4.69) is 20.8 Å².